The quantitative estimate of drug-likeness (QED) is 0.747. The van der Waals surface area contributed by atoms with Crippen molar-refractivity contribution in [2.45, 2.75) is 25.5 Å². The van der Waals surface area contributed by atoms with Crippen LogP contribution in [0.25, 0.3) is 0 Å². The largest absolute Gasteiger partial charge is 0.413 e. The zero-order valence-corrected chi connectivity index (χ0v) is 13.5. The lowest BCUT2D eigenvalue weighted by Gasteiger charge is -2.45. The van der Waals surface area contributed by atoms with E-state index < -0.39 is 9.04 Å². The van der Waals surface area contributed by atoms with Crippen LogP contribution in [0.2, 0.25) is 5.54 Å². The third kappa shape index (κ3) is 2.98. The molecule has 0 aliphatic carbocycles. The summed E-state index contributed by atoms with van der Waals surface area (Å²) in [5.74, 6) is 1.33. The summed E-state index contributed by atoms with van der Waals surface area (Å²) in [5, 5.41) is 1.42. The predicted molar refractivity (Wildman–Crippen MR) is 81.8 cm³/mol. The van der Waals surface area contributed by atoms with Crippen molar-refractivity contribution in [2.75, 3.05) is 26.4 Å². The lowest BCUT2D eigenvalue weighted by molar-refractivity contribution is -0.0923. The predicted octanol–water partition coefficient (Wildman–Crippen LogP) is 1.71. The zero-order valence-electron chi connectivity index (χ0n) is 12.3. The molecule has 2 aliphatic rings. The fourth-order valence-corrected chi connectivity index (χ4v) is 6.56. The highest BCUT2D eigenvalue weighted by molar-refractivity contribution is 6.69. The Morgan fingerprint density at radius 1 is 1.00 bits per heavy atom. The molecule has 20 heavy (non-hydrogen) atoms. The number of benzene rings is 1. The lowest BCUT2D eigenvalue weighted by Crippen LogP contribution is -2.53. The van der Waals surface area contributed by atoms with Crippen molar-refractivity contribution in [2.24, 2.45) is 11.8 Å². The average molecular weight is 292 g/mol. The summed E-state index contributed by atoms with van der Waals surface area (Å²) < 4.78 is 17.3. The summed E-state index contributed by atoms with van der Waals surface area (Å²) in [6, 6.07) is 10.8. The van der Waals surface area contributed by atoms with E-state index in [1.165, 1.54) is 5.19 Å². The molecule has 0 saturated carbocycles. The van der Waals surface area contributed by atoms with Gasteiger partial charge in [-0.15, -0.1) is 0 Å². The molecule has 0 N–H and O–H groups in total. The first-order valence-electron chi connectivity index (χ1n) is 7.61. The van der Waals surface area contributed by atoms with Crippen molar-refractivity contribution in [3.63, 3.8) is 0 Å². The molecule has 4 heteroatoms. The Hall–Kier alpha value is -0.683. The molecule has 2 heterocycles. The number of hydrogen-bond donors (Lipinski definition) is 0. The first-order chi connectivity index (χ1) is 9.75. The third-order valence-corrected chi connectivity index (χ3v) is 7.98. The monoisotopic (exact) mass is 292 g/mol. The van der Waals surface area contributed by atoms with Crippen molar-refractivity contribution in [3.8, 4) is 0 Å². The topological polar surface area (TPSA) is 27.7 Å². The molecule has 3 nitrogen and oxygen atoms in total. The SMILES string of the molecule is CC(C)O[SiH](c1ccccc1)C(C1COC1)C1COC1. The highest BCUT2D eigenvalue weighted by Gasteiger charge is 2.44. The van der Waals surface area contributed by atoms with Gasteiger partial charge in [0.05, 0.1) is 26.4 Å². The van der Waals surface area contributed by atoms with Crippen LogP contribution in [-0.2, 0) is 13.9 Å². The van der Waals surface area contributed by atoms with Crippen LogP contribution in [0, 0.1) is 11.8 Å². The maximum atomic E-state index is 6.44. The second-order valence-electron chi connectivity index (χ2n) is 6.19. The molecular formula is C16H24O3Si. The molecule has 0 amide bonds. The molecule has 0 radical (unpaired) electrons. The van der Waals surface area contributed by atoms with Crippen LogP contribution in [0.1, 0.15) is 13.8 Å². The number of rotatable bonds is 6. The van der Waals surface area contributed by atoms with Crippen molar-refractivity contribution in [3.05, 3.63) is 30.3 Å². The van der Waals surface area contributed by atoms with Crippen LogP contribution in [0.5, 0.6) is 0 Å². The molecule has 1 unspecified atom stereocenters. The van der Waals surface area contributed by atoms with E-state index in [1.807, 2.05) is 0 Å². The van der Waals surface area contributed by atoms with Crippen molar-refractivity contribution in [1.29, 1.82) is 0 Å². The highest BCUT2D eigenvalue weighted by Crippen LogP contribution is 2.39. The van der Waals surface area contributed by atoms with Gasteiger partial charge in [-0.2, -0.15) is 0 Å². The van der Waals surface area contributed by atoms with Crippen LogP contribution < -0.4 is 5.19 Å². The van der Waals surface area contributed by atoms with Gasteiger partial charge in [0, 0.05) is 17.9 Å². The van der Waals surface area contributed by atoms with Gasteiger partial charge in [-0.05, 0) is 24.6 Å². The van der Waals surface area contributed by atoms with Crippen LogP contribution >= 0.6 is 0 Å². The Bertz CT molecular complexity index is 401. The molecule has 2 aliphatic heterocycles. The van der Waals surface area contributed by atoms with Gasteiger partial charge in [-0.25, -0.2) is 0 Å². The van der Waals surface area contributed by atoms with E-state index in [0.717, 1.165) is 26.4 Å². The highest BCUT2D eigenvalue weighted by atomic mass is 28.3. The van der Waals surface area contributed by atoms with Gasteiger partial charge in [0.25, 0.3) is 0 Å². The summed E-state index contributed by atoms with van der Waals surface area (Å²) in [6.07, 6.45) is 0.288. The van der Waals surface area contributed by atoms with Gasteiger partial charge in [-0.3, -0.25) is 0 Å². The third-order valence-electron chi connectivity index (χ3n) is 4.31. The van der Waals surface area contributed by atoms with Gasteiger partial charge in [0.1, 0.15) is 0 Å². The number of hydrogen-bond acceptors (Lipinski definition) is 3. The molecule has 3 rings (SSSR count). The summed E-state index contributed by atoms with van der Waals surface area (Å²) in [5.41, 5.74) is 0.641. The maximum Gasteiger partial charge on any atom is 0.212 e. The first-order valence-corrected chi connectivity index (χ1v) is 9.33. The average Bonchev–Trinajstić information content (AvgIpc) is 2.32. The molecule has 0 aromatic heterocycles. The summed E-state index contributed by atoms with van der Waals surface area (Å²) in [6.45, 7) is 7.90. The minimum absolute atomic E-state index is 0.288. The Morgan fingerprint density at radius 3 is 1.95 bits per heavy atom. The molecule has 2 fully saturated rings. The minimum atomic E-state index is -1.47. The second kappa shape index (κ2) is 6.39. The fourth-order valence-electron chi connectivity index (χ4n) is 3.16. The molecule has 2 saturated heterocycles. The second-order valence-corrected chi connectivity index (χ2v) is 8.74. The lowest BCUT2D eigenvalue weighted by atomic mass is 9.91. The van der Waals surface area contributed by atoms with Gasteiger partial charge in [-0.1, -0.05) is 30.3 Å². The Balaban J connectivity index is 1.84. The van der Waals surface area contributed by atoms with Crippen molar-refractivity contribution < 1.29 is 13.9 Å². The van der Waals surface area contributed by atoms with Gasteiger partial charge >= 0.3 is 0 Å². The number of ether oxygens (including phenoxy) is 2. The molecular weight excluding hydrogens is 268 g/mol. The van der Waals surface area contributed by atoms with Crippen LogP contribution in [0.4, 0.5) is 0 Å². The van der Waals surface area contributed by atoms with E-state index in [9.17, 15) is 0 Å². The maximum absolute atomic E-state index is 6.44. The van der Waals surface area contributed by atoms with Gasteiger partial charge in [0.15, 0.2) is 0 Å². The standard InChI is InChI=1S/C16H24O3Si/c1-12(2)19-20(15-6-4-3-5-7-15)16(13-8-17-9-13)14-10-18-11-14/h3-7,12-14,16,20H,8-11H2,1-2H3. The molecule has 0 spiro atoms. The zero-order chi connectivity index (χ0) is 13.9. The fraction of sp³-hybridized carbons (Fsp3) is 0.625. The Morgan fingerprint density at radius 2 is 1.55 bits per heavy atom. The van der Waals surface area contributed by atoms with E-state index in [-0.39, 0.29) is 6.10 Å². The minimum Gasteiger partial charge on any atom is -0.413 e. The van der Waals surface area contributed by atoms with Gasteiger partial charge < -0.3 is 13.9 Å². The molecule has 1 atom stereocenters. The first kappa shape index (κ1) is 14.3. The van der Waals surface area contributed by atoms with Crippen LogP contribution in [-0.4, -0.2) is 41.6 Å². The smallest absolute Gasteiger partial charge is 0.212 e. The van der Waals surface area contributed by atoms with E-state index in [2.05, 4.69) is 44.2 Å². The Labute approximate surface area is 123 Å². The van der Waals surface area contributed by atoms with E-state index in [0.29, 0.717) is 17.4 Å². The van der Waals surface area contributed by atoms with E-state index >= 15 is 0 Å². The van der Waals surface area contributed by atoms with Crippen molar-refractivity contribution >= 4 is 14.2 Å². The van der Waals surface area contributed by atoms with Crippen LogP contribution in [0.15, 0.2) is 30.3 Å². The summed E-state index contributed by atoms with van der Waals surface area (Å²) >= 11 is 0. The van der Waals surface area contributed by atoms with Crippen LogP contribution in [0.3, 0.4) is 0 Å². The van der Waals surface area contributed by atoms with E-state index in [1.54, 1.807) is 0 Å². The molecule has 1 aromatic rings. The summed E-state index contributed by atoms with van der Waals surface area (Å²) in [4.78, 5) is 0. The summed E-state index contributed by atoms with van der Waals surface area (Å²) in [7, 11) is -1.47. The Kier molecular flexibility index (Phi) is 4.56. The normalized spacial score (nSPS) is 21.8. The van der Waals surface area contributed by atoms with E-state index in [4.69, 9.17) is 13.9 Å². The molecule has 1 aromatic carbocycles. The molecule has 0 bridgehead atoms. The van der Waals surface area contributed by atoms with Gasteiger partial charge in [0.2, 0.25) is 9.04 Å². The van der Waals surface area contributed by atoms with Crippen molar-refractivity contribution in [1.82, 2.24) is 0 Å². The molecule has 110 valence electrons.